The van der Waals surface area contributed by atoms with Gasteiger partial charge in [0.05, 0.1) is 11.3 Å². The largest absolute Gasteiger partial charge is 0.385 e. The molecule has 2 fully saturated rings. The number of hydrogen-bond acceptors (Lipinski definition) is 7. The van der Waals surface area contributed by atoms with Gasteiger partial charge in [-0.1, -0.05) is 29.8 Å². The van der Waals surface area contributed by atoms with E-state index in [4.69, 9.17) is 16.6 Å². The molecule has 4 heterocycles. The lowest BCUT2D eigenvalue weighted by Crippen LogP contribution is -2.44. The lowest BCUT2D eigenvalue weighted by atomic mass is 9.84. The first kappa shape index (κ1) is 27.5. The topological polar surface area (TPSA) is 89.2 Å². The molecule has 1 amide bonds. The van der Waals surface area contributed by atoms with Crippen molar-refractivity contribution in [2.75, 3.05) is 50.5 Å². The van der Waals surface area contributed by atoms with Gasteiger partial charge in [-0.2, -0.15) is 4.98 Å². The molecule has 0 aliphatic carbocycles. The molecular formula is C31H36ClN7O2. The zero-order valence-corrected chi connectivity index (χ0v) is 24.3. The van der Waals surface area contributed by atoms with Crippen LogP contribution in [0.25, 0.3) is 5.65 Å². The summed E-state index contributed by atoms with van der Waals surface area (Å²) in [5.74, 6) is 0.522. The predicted molar refractivity (Wildman–Crippen MR) is 162 cm³/mol. The van der Waals surface area contributed by atoms with E-state index in [9.17, 15) is 9.90 Å². The number of aromatic nitrogens is 3. The van der Waals surface area contributed by atoms with Crippen molar-refractivity contribution in [1.82, 2.24) is 24.4 Å². The van der Waals surface area contributed by atoms with Crippen molar-refractivity contribution in [3.63, 3.8) is 0 Å². The second-order valence-electron chi connectivity index (χ2n) is 11.2. The number of nitrogens with one attached hydrogen (secondary N) is 1. The number of carbonyl (C=O) groups excluding carboxylic acids is 1. The lowest BCUT2D eigenvalue weighted by Gasteiger charge is -2.39. The number of pyridine rings is 1. The number of fused-ring (bicyclic) bond motifs is 1. The van der Waals surface area contributed by atoms with E-state index in [1.807, 2.05) is 78.8 Å². The van der Waals surface area contributed by atoms with Crippen LogP contribution >= 0.6 is 11.6 Å². The Labute approximate surface area is 245 Å². The molecule has 0 unspecified atom stereocenters. The Kier molecular flexibility index (Phi) is 7.59. The highest BCUT2D eigenvalue weighted by Gasteiger charge is 2.36. The van der Waals surface area contributed by atoms with Gasteiger partial charge >= 0.3 is 0 Å². The summed E-state index contributed by atoms with van der Waals surface area (Å²) >= 11 is 6.40. The molecule has 0 radical (unpaired) electrons. The van der Waals surface area contributed by atoms with E-state index in [1.165, 1.54) is 0 Å². The molecule has 0 spiro atoms. The molecule has 6 rings (SSSR count). The van der Waals surface area contributed by atoms with Gasteiger partial charge in [0.15, 0.2) is 5.65 Å². The summed E-state index contributed by atoms with van der Waals surface area (Å²) in [6, 6.07) is 19.3. The Morgan fingerprint density at radius 1 is 1.02 bits per heavy atom. The van der Waals surface area contributed by atoms with Gasteiger partial charge < -0.3 is 25.1 Å². The van der Waals surface area contributed by atoms with Crippen molar-refractivity contribution in [2.24, 2.45) is 0 Å². The summed E-state index contributed by atoms with van der Waals surface area (Å²) in [5, 5.41) is 19.9. The first-order valence-corrected chi connectivity index (χ1v) is 14.6. The molecule has 2 saturated heterocycles. The number of benzene rings is 2. The minimum Gasteiger partial charge on any atom is -0.385 e. The Hall–Kier alpha value is -3.66. The van der Waals surface area contributed by atoms with Crippen LogP contribution in [0.3, 0.4) is 0 Å². The van der Waals surface area contributed by atoms with Crippen LogP contribution in [0.4, 0.5) is 17.3 Å². The van der Waals surface area contributed by atoms with Gasteiger partial charge in [-0.15, -0.1) is 5.10 Å². The van der Waals surface area contributed by atoms with Crippen molar-refractivity contribution in [3.8, 4) is 0 Å². The summed E-state index contributed by atoms with van der Waals surface area (Å²) < 4.78 is 1.76. The lowest BCUT2D eigenvalue weighted by molar-refractivity contribution is 0.0119. The average Bonchev–Trinajstić information content (AvgIpc) is 3.40. The van der Waals surface area contributed by atoms with Gasteiger partial charge in [0.1, 0.15) is 0 Å². The van der Waals surface area contributed by atoms with Crippen LogP contribution < -0.4 is 10.2 Å². The third-order valence-corrected chi connectivity index (χ3v) is 8.92. The fourth-order valence-corrected chi connectivity index (χ4v) is 6.31. The van der Waals surface area contributed by atoms with E-state index in [0.717, 1.165) is 48.5 Å². The Bertz CT molecular complexity index is 1520. The molecular weight excluding hydrogens is 538 g/mol. The van der Waals surface area contributed by atoms with Gasteiger partial charge in [0, 0.05) is 54.2 Å². The molecule has 2 N–H and O–H groups in total. The number of nitrogens with zero attached hydrogens (tertiary/aromatic N) is 6. The predicted octanol–water partition coefficient (Wildman–Crippen LogP) is 4.78. The highest BCUT2D eigenvalue weighted by molar-refractivity contribution is 6.31. The second kappa shape index (κ2) is 11.3. The van der Waals surface area contributed by atoms with Gasteiger partial charge in [0.25, 0.3) is 5.91 Å². The van der Waals surface area contributed by atoms with Crippen molar-refractivity contribution >= 4 is 40.5 Å². The van der Waals surface area contributed by atoms with Crippen LogP contribution in [-0.4, -0.2) is 81.7 Å². The average molecular weight is 574 g/mol. The standard InChI is InChI=1S/C31H36ClN7O2/c1-36-18-13-24(14-19-36)37(2)29(40)22-9-11-23(12-10-22)33-30-34-28-27(8-5-17-39(28)35-30)38-20-15-31(41,16-21-38)25-6-3-4-7-26(25)32/h3-12,17,24,41H,13-16,18-21H2,1-2H3,(H,33,35). The smallest absolute Gasteiger partial charge is 0.253 e. The van der Waals surface area contributed by atoms with Crippen molar-refractivity contribution < 1.29 is 9.90 Å². The van der Waals surface area contributed by atoms with Gasteiger partial charge in [-0.3, -0.25) is 4.79 Å². The number of hydrogen-bond donors (Lipinski definition) is 2. The van der Waals surface area contributed by atoms with E-state index in [-0.39, 0.29) is 11.9 Å². The summed E-state index contributed by atoms with van der Waals surface area (Å²) in [4.78, 5) is 24.3. The Morgan fingerprint density at radius 3 is 2.44 bits per heavy atom. The molecule has 2 aliphatic heterocycles. The third-order valence-electron chi connectivity index (χ3n) is 8.59. The number of carbonyl (C=O) groups is 1. The number of anilines is 3. The van der Waals surface area contributed by atoms with E-state index in [0.29, 0.717) is 42.5 Å². The molecule has 9 nitrogen and oxygen atoms in total. The molecule has 2 aromatic carbocycles. The normalized spacial score (nSPS) is 18.0. The highest BCUT2D eigenvalue weighted by atomic mass is 35.5. The van der Waals surface area contributed by atoms with Crippen LogP contribution in [0.5, 0.6) is 0 Å². The quantitative estimate of drug-likeness (QED) is 0.343. The van der Waals surface area contributed by atoms with Gasteiger partial charge in [-0.05, 0) is 88.3 Å². The molecule has 0 bridgehead atoms. The van der Waals surface area contributed by atoms with Gasteiger partial charge in [0.2, 0.25) is 5.95 Å². The molecule has 41 heavy (non-hydrogen) atoms. The molecule has 0 atom stereocenters. The van der Waals surface area contributed by atoms with Crippen LogP contribution in [0.2, 0.25) is 5.02 Å². The molecule has 2 aromatic heterocycles. The maximum Gasteiger partial charge on any atom is 0.253 e. The number of piperidine rings is 2. The van der Waals surface area contributed by atoms with E-state index in [2.05, 4.69) is 27.3 Å². The van der Waals surface area contributed by atoms with E-state index >= 15 is 0 Å². The van der Waals surface area contributed by atoms with Crippen LogP contribution in [0.15, 0.2) is 66.9 Å². The Balaban J connectivity index is 1.13. The minimum atomic E-state index is -0.949. The third kappa shape index (κ3) is 5.62. The molecule has 0 saturated carbocycles. The molecule has 10 heteroatoms. The number of rotatable bonds is 6. The van der Waals surface area contributed by atoms with Crippen molar-refractivity contribution in [2.45, 2.75) is 37.3 Å². The SMILES string of the molecule is CN1CCC(N(C)C(=O)c2ccc(Nc3nc4c(N5CCC(O)(c6ccccc6Cl)CC5)cccn4n3)cc2)CC1. The summed E-state index contributed by atoms with van der Waals surface area (Å²) in [6.07, 6.45) is 5.00. The maximum absolute atomic E-state index is 13.1. The highest BCUT2D eigenvalue weighted by Crippen LogP contribution is 2.38. The number of likely N-dealkylation sites (tertiary alicyclic amines) is 1. The number of halogens is 1. The molecule has 214 valence electrons. The zero-order valence-electron chi connectivity index (χ0n) is 23.5. The fourth-order valence-electron chi connectivity index (χ4n) is 5.99. The van der Waals surface area contributed by atoms with Crippen LogP contribution in [-0.2, 0) is 5.60 Å². The Morgan fingerprint density at radius 2 is 1.73 bits per heavy atom. The van der Waals surface area contributed by atoms with E-state index < -0.39 is 5.60 Å². The zero-order chi connectivity index (χ0) is 28.6. The fraction of sp³-hybridized carbons (Fsp3) is 0.387. The van der Waals surface area contributed by atoms with Crippen molar-refractivity contribution in [3.05, 3.63) is 83.0 Å². The first-order chi connectivity index (χ1) is 19.8. The summed E-state index contributed by atoms with van der Waals surface area (Å²) in [5.41, 5.74) is 3.02. The molecule has 4 aromatic rings. The molecule has 2 aliphatic rings. The number of aliphatic hydroxyl groups is 1. The van der Waals surface area contributed by atoms with Crippen molar-refractivity contribution in [1.29, 1.82) is 0 Å². The maximum atomic E-state index is 13.1. The second-order valence-corrected chi connectivity index (χ2v) is 11.7. The van der Waals surface area contributed by atoms with Gasteiger partial charge in [-0.25, -0.2) is 4.52 Å². The first-order valence-electron chi connectivity index (χ1n) is 14.2. The monoisotopic (exact) mass is 573 g/mol. The van der Waals surface area contributed by atoms with Crippen LogP contribution in [0.1, 0.15) is 41.6 Å². The number of amides is 1. The van der Waals surface area contributed by atoms with E-state index in [1.54, 1.807) is 4.52 Å². The minimum absolute atomic E-state index is 0.0459. The summed E-state index contributed by atoms with van der Waals surface area (Å²) in [6.45, 7) is 3.36. The van der Waals surface area contributed by atoms with Crippen LogP contribution in [0, 0.1) is 0 Å². The summed E-state index contributed by atoms with van der Waals surface area (Å²) in [7, 11) is 4.03.